The lowest BCUT2D eigenvalue weighted by atomic mass is 9.94. The lowest BCUT2D eigenvalue weighted by molar-refractivity contribution is 0.0925. The third-order valence-electron chi connectivity index (χ3n) is 6.87. The Morgan fingerprint density at radius 1 is 1.11 bits per heavy atom. The Hall–Kier alpha value is -3.97. The minimum atomic E-state index is -0.0351. The van der Waals surface area contributed by atoms with E-state index in [9.17, 15) is 4.79 Å². The van der Waals surface area contributed by atoms with Gasteiger partial charge in [0.1, 0.15) is 0 Å². The van der Waals surface area contributed by atoms with Crippen LogP contribution in [0.25, 0.3) is 33.1 Å². The average Bonchev–Trinajstić information content (AvgIpc) is 3.46. The van der Waals surface area contributed by atoms with Crippen molar-refractivity contribution in [1.82, 2.24) is 30.6 Å². The first kappa shape index (κ1) is 21.6. The molecule has 0 radical (unpaired) electrons. The summed E-state index contributed by atoms with van der Waals surface area (Å²) in [5.74, 6) is -0.0351. The monoisotopic (exact) mass is 464 g/mol. The van der Waals surface area contributed by atoms with Gasteiger partial charge in [0.15, 0.2) is 0 Å². The first-order valence-corrected chi connectivity index (χ1v) is 12.1. The Kier molecular flexibility index (Phi) is 5.54. The Balaban J connectivity index is 1.20. The van der Waals surface area contributed by atoms with Crippen molar-refractivity contribution >= 4 is 27.7 Å². The molecule has 2 atom stereocenters. The molecule has 2 aromatic heterocycles. The molecule has 1 fully saturated rings. The summed E-state index contributed by atoms with van der Waals surface area (Å²) in [4.78, 5) is 13.2. The molecular formula is C28H28N6O. The van der Waals surface area contributed by atoms with E-state index in [0.717, 1.165) is 58.9 Å². The van der Waals surface area contributed by atoms with Crippen molar-refractivity contribution < 1.29 is 4.79 Å². The van der Waals surface area contributed by atoms with Crippen LogP contribution in [0, 0.1) is 0 Å². The zero-order chi connectivity index (χ0) is 23.8. The first-order valence-electron chi connectivity index (χ1n) is 12.1. The predicted molar refractivity (Wildman–Crippen MR) is 138 cm³/mol. The molecule has 0 saturated carbocycles. The molecule has 1 saturated heterocycles. The molecule has 1 amide bonds. The van der Waals surface area contributed by atoms with Crippen molar-refractivity contribution in [3.63, 3.8) is 0 Å². The first-order chi connectivity index (χ1) is 17.1. The number of benzene rings is 3. The summed E-state index contributed by atoms with van der Waals surface area (Å²) in [7, 11) is 1.92. The van der Waals surface area contributed by atoms with Crippen LogP contribution in [0.15, 0.2) is 72.9 Å². The second-order valence-electron chi connectivity index (χ2n) is 9.44. The summed E-state index contributed by atoms with van der Waals surface area (Å²) >= 11 is 0. The second-order valence-corrected chi connectivity index (χ2v) is 9.44. The predicted octanol–water partition coefficient (Wildman–Crippen LogP) is 4.21. The standard InChI is InChI=1S/C28H28N6O/c1-34-17-21-14-19(7-9-25(21)33-34)27-24-15-20(8-10-26(24)31-32-27)28(35)30-22-11-12-29-23(16-22)13-18-5-3-2-4-6-18/h2-10,14-15,17,22-23,29H,11-13,16H2,1H3,(H,30,35)(H,31,32)/t22-,23+/m0/s1. The Bertz CT molecular complexity index is 1500. The van der Waals surface area contributed by atoms with Gasteiger partial charge in [-0.15, -0.1) is 0 Å². The van der Waals surface area contributed by atoms with E-state index in [0.29, 0.717) is 11.6 Å². The molecule has 3 aromatic carbocycles. The van der Waals surface area contributed by atoms with Gasteiger partial charge in [-0.3, -0.25) is 14.6 Å². The molecule has 0 bridgehead atoms. The fourth-order valence-electron chi connectivity index (χ4n) is 5.13. The highest BCUT2D eigenvalue weighted by Gasteiger charge is 2.24. The van der Waals surface area contributed by atoms with Crippen molar-refractivity contribution in [1.29, 1.82) is 0 Å². The number of carbonyl (C=O) groups is 1. The highest BCUT2D eigenvalue weighted by molar-refractivity contribution is 6.02. The molecule has 0 aliphatic carbocycles. The van der Waals surface area contributed by atoms with Crippen LogP contribution in [0.4, 0.5) is 0 Å². The second kappa shape index (κ2) is 9.00. The summed E-state index contributed by atoms with van der Waals surface area (Å²) in [6.07, 6.45) is 4.82. The fraction of sp³-hybridized carbons (Fsp3) is 0.250. The minimum absolute atomic E-state index is 0.0351. The molecular weight excluding hydrogens is 436 g/mol. The molecule has 3 N–H and O–H groups in total. The number of carbonyl (C=O) groups excluding carboxylic acids is 1. The van der Waals surface area contributed by atoms with E-state index >= 15 is 0 Å². The smallest absolute Gasteiger partial charge is 0.251 e. The zero-order valence-electron chi connectivity index (χ0n) is 19.7. The van der Waals surface area contributed by atoms with Gasteiger partial charge in [0.05, 0.1) is 16.7 Å². The molecule has 7 heteroatoms. The average molecular weight is 465 g/mol. The fourth-order valence-corrected chi connectivity index (χ4v) is 5.13. The van der Waals surface area contributed by atoms with E-state index in [1.54, 1.807) is 0 Å². The number of hydrogen-bond acceptors (Lipinski definition) is 4. The van der Waals surface area contributed by atoms with Crippen LogP contribution >= 0.6 is 0 Å². The van der Waals surface area contributed by atoms with E-state index in [-0.39, 0.29) is 11.9 Å². The van der Waals surface area contributed by atoms with Gasteiger partial charge in [0.25, 0.3) is 5.91 Å². The van der Waals surface area contributed by atoms with Crippen molar-refractivity contribution in [2.75, 3.05) is 6.54 Å². The number of aromatic nitrogens is 4. The number of nitrogens with one attached hydrogen (secondary N) is 3. The van der Waals surface area contributed by atoms with Gasteiger partial charge in [-0.25, -0.2) is 0 Å². The van der Waals surface area contributed by atoms with Crippen LogP contribution in [0.3, 0.4) is 0 Å². The van der Waals surface area contributed by atoms with Crippen molar-refractivity contribution in [2.45, 2.75) is 31.3 Å². The molecule has 6 rings (SSSR count). The number of nitrogens with zero attached hydrogens (tertiary/aromatic N) is 3. The van der Waals surface area contributed by atoms with E-state index in [2.05, 4.69) is 56.3 Å². The summed E-state index contributed by atoms with van der Waals surface area (Å²) in [5, 5.41) is 21.0. The molecule has 5 aromatic rings. The van der Waals surface area contributed by atoms with Crippen LogP contribution in [-0.2, 0) is 13.5 Å². The lowest BCUT2D eigenvalue weighted by Gasteiger charge is -2.31. The Morgan fingerprint density at radius 3 is 2.89 bits per heavy atom. The number of amides is 1. The summed E-state index contributed by atoms with van der Waals surface area (Å²) in [5.41, 5.74) is 5.66. The van der Waals surface area contributed by atoms with Gasteiger partial charge in [-0.2, -0.15) is 10.2 Å². The maximum atomic E-state index is 13.2. The third-order valence-corrected chi connectivity index (χ3v) is 6.87. The summed E-state index contributed by atoms with van der Waals surface area (Å²) < 4.78 is 1.81. The van der Waals surface area contributed by atoms with Crippen molar-refractivity contribution in [3.05, 3.63) is 84.1 Å². The van der Waals surface area contributed by atoms with Crippen LogP contribution in [0.2, 0.25) is 0 Å². The van der Waals surface area contributed by atoms with Gasteiger partial charge < -0.3 is 10.6 Å². The van der Waals surface area contributed by atoms with Crippen LogP contribution in [0.1, 0.15) is 28.8 Å². The highest BCUT2D eigenvalue weighted by Crippen LogP contribution is 2.29. The molecule has 35 heavy (non-hydrogen) atoms. The molecule has 176 valence electrons. The van der Waals surface area contributed by atoms with Crippen LogP contribution in [-0.4, -0.2) is 44.5 Å². The van der Waals surface area contributed by atoms with Crippen LogP contribution in [0.5, 0.6) is 0 Å². The highest BCUT2D eigenvalue weighted by atomic mass is 16.1. The zero-order valence-corrected chi connectivity index (χ0v) is 19.7. The number of aryl methyl sites for hydroxylation is 1. The Morgan fingerprint density at radius 2 is 2.00 bits per heavy atom. The Labute approximate surface area is 203 Å². The quantitative estimate of drug-likeness (QED) is 0.364. The van der Waals surface area contributed by atoms with Gasteiger partial charge in [-0.05, 0) is 61.7 Å². The third kappa shape index (κ3) is 4.42. The minimum Gasteiger partial charge on any atom is -0.349 e. The van der Waals surface area contributed by atoms with Gasteiger partial charge in [0, 0.05) is 47.2 Å². The number of piperidine rings is 1. The molecule has 0 spiro atoms. The molecule has 0 unspecified atom stereocenters. The lowest BCUT2D eigenvalue weighted by Crippen LogP contribution is -2.48. The molecule has 3 heterocycles. The number of hydrogen-bond donors (Lipinski definition) is 3. The van der Waals surface area contributed by atoms with Gasteiger partial charge >= 0.3 is 0 Å². The van der Waals surface area contributed by atoms with Gasteiger partial charge in [-0.1, -0.05) is 36.4 Å². The number of aromatic amines is 1. The largest absolute Gasteiger partial charge is 0.349 e. The SMILES string of the molecule is Cn1cc2cc(-c3n[nH]c4ccc(C(=O)N[C@H]5CCN[C@H](Cc6ccccc6)C5)cc34)ccc2n1. The van der Waals surface area contributed by atoms with E-state index in [1.807, 2.05) is 54.3 Å². The molecule has 1 aliphatic rings. The van der Waals surface area contributed by atoms with Crippen LogP contribution < -0.4 is 10.6 Å². The van der Waals surface area contributed by atoms with E-state index < -0.39 is 0 Å². The van der Waals surface area contributed by atoms with E-state index in [1.165, 1.54) is 5.56 Å². The topological polar surface area (TPSA) is 87.6 Å². The maximum Gasteiger partial charge on any atom is 0.251 e. The van der Waals surface area contributed by atoms with E-state index in [4.69, 9.17) is 0 Å². The van der Waals surface area contributed by atoms with Crippen molar-refractivity contribution in [3.8, 4) is 11.3 Å². The molecule has 7 nitrogen and oxygen atoms in total. The van der Waals surface area contributed by atoms with Crippen molar-refractivity contribution in [2.24, 2.45) is 7.05 Å². The normalized spacial score (nSPS) is 18.2. The number of fused-ring (bicyclic) bond motifs is 2. The maximum absolute atomic E-state index is 13.2. The summed E-state index contributed by atoms with van der Waals surface area (Å²) in [6, 6.07) is 22.9. The van der Waals surface area contributed by atoms with Gasteiger partial charge in [0.2, 0.25) is 0 Å². The number of rotatable bonds is 5. The molecule has 1 aliphatic heterocycles. The summed E-state index contributed by atoms with van der Waals surface area (Å²) in [6.45, 7) is 0.907. The number of H-pyrrole nitrogens is 1.